The molecule has 0 radical (unpaired) electrons. The normalized spacial score (nSPS) is 23.2. The lowest BCUT2D eigenvalue weighted by Gasteiger charge is -2.15. The zero-order valence-corrected chi connectivity index (χ0v) is 10.6. The van der Waals surface area contributed by atoms with Gasteiger partial charge in [-0.1, -0.05) is 29.8 Å². The van der Waals surface area contributed by atoms with E-state index in [1.54, 1.807) is 6.07 Å². The molecule has 5 heteroatoms. The number of aliphatic carboxylic acids is 1. The minimum atomic E-state index is -0.902. The van der Waals surface area contributed by atoms with Crippen LogP contribution in [-0.2, 0) is 9.59 Å². The summed E-state index contributed by atoms with van der Waals surface area (Å²) in [6.45, 7) is 1.83. The number of carbonyl (C=O) groups is 2. The van der Waals surface area contributed by atoms with Gasteiger partial charge in [0, 0.05) is 5.02 Å². The molecule has 0 unspecified atom stereocenters. The molecule has 4 nitrogen and oxygen atoms in total. The lowest BCUT2D eigenvalue weighted by Crippen LogP contribution is -2.29. The van der Waals surface area contributed by atoms with Crippen molar-refractivity contribution in [3.8, 4) is 0 Å². The van der Waals surface area contributed by atoms with Gasteiger partial charge in [0.05, 0.1) is 17.9 Å². The second kappa shape index (κ2) is 4.98. The lowest BCUT2D eigenvalue weighted by atomic mass is 10.1. The van der Waals surface area contributed by atoms with Gasteiger partial charge >= 0.3 is 5.97 Å². The monoisotopic (exact) mass is 267 g/mol. The van der Waals surface area contributed by atoms with Crippen LogP contribution in [0.1, 0.15) is 24.9 Å². The number of nitrogens with one attached hydrogen (secondary N) is 1. The number of carboxylic acid groups (broad SMARTS) is 1. The van der Waals surface area contributed by atoms with Gasteiger partial charge in [0.2, 0.25) is 5.91 Å². The summed E-state index contributed by atoms with van der Waals surface area (Å²) in [6, 6.07) is 7.05. The van der Waals surface area contributed by atoms with E-state index >= 15 is 0 Å². The Bertz CT molecular complexity index is 489. The Morgan fingerprint density at radius 2 is 2.06 bits per heavy atom. The van der Waals surface area contributed by atoms with Crippen LogP contribution in [-0.4, -0.2) is 17.0 Å². The topological polar surface area (TPSA) is 66.4 Å². The molecule has 1 aromatic rings. The van der Waals surface area contributed by atoms with Crippen molar-refractivity contribution < 1.29 is 14.7 Å². The number of carboxylic acids is 1. The van der Waals surface area contributed by atoms with Crippen LogP contribution in [0.25, 0.3) is 0 Å². The molecule has 1 fully saturated rings. The number of carbonyl (C=O) groups excluding carboxylic acids is 1. The van der Waals surface area contributed by atoms with Gasteiger partial charge in [-0.25, -0.2) is 0 Å². The third-order valence-corrected chi connectivity index (χ3v) is 3.52. The fourth-order valence-corrected chi connectivity index (χ4v) is 2.28. The molecule has 0 heterocycles. The summed E-state index contributed by atoms with van der Waals surface area (Å²) in [7, 11) is 0. The maximum absolute atomic E-state index is 11.8. The molecule has 0 saturated heterocycles. The van der Waals surface area contributed by atoms with Crippen molar-refractivity contribution in [1.82, 2.24) is 5.32 Å². The van der Waals surface area contributed by atoms with Gasteiger partial charge < -0.3 is 10.4 Å². The summed E-state index contributed by atoms with van der Waals surface area (Å²) < 4.78 is 0. The van der Waals surface area contributed by atoms with Crippen LogP contribution < -0.4 is 5.32 Å². The molecule has 2 rings (SSSR count). The summed E-state index contributed by atoms with van der Waals surface area (Å²) in [4.78, 5) is 22.5. The maximum Gasteiger partial charge on any atom is 0.307 e. The van der Waals surface area contributed by atoms with Gasteiger partial charge in [-0.3, -0.25) is 9.59 Å². The molecule has 3 atom stereocenters. The molecular formula is C13H14ClNO3. The number of halogens is 1. The molecule has 2 N–H and O–H groups in total. The number of hydrogen-bond acceptors (Lipinski definition) is 2. The average Bonchev–Trinajstić information content (AvgIpc) is 3.09. The first kappa shape index (κ1) is 12.9. The van der Waals surface area contributed by atoms with Crippen molar-refractivity contribution in [3.63, 3.8) is 0 Å². The Labute approximate surface area is 110 Å². The van der Waals surface area contributed by atoms with E-state index in [4.69, 9.17) is 16.7 Å². The van der Waals surface area contributed by atoms with Crippen LogP contribution >= 0.6 is 11.6 Å². The first-order chi connectivity index (χ1) is 8.50. The van der Waals surface area contributed by atoms with Gasteiger partial charge in [-0.15, -0.1) is 0 Å². The van der Waals surface area contributed by atoms with Crippen molar-refractivity contribution in [2.24, 2.45) is 11.8 Å². The predicted molar refractivity (Wildman–Crippen MR) is 67.2 cm³/mol. The Kier molecular flexibility index (Phi) is 3.57. The largest absolute Gasteiger partial charge is 0.481 e. The van der Waals surface area contributed by atoms with E-state index in [0.717, 1.165) is 5.56 Å². The van der Waals surface area contributed by atoms with Crippen LogP contribution in [0.2, 0.25) is 5.02 Å². The maximum atomic E-state index is 11.8. The number of benzene rings is 1. The zero-order chi connectivity index (χ0) is 13.3. The van der Waals surface area contributed by atoms with E-state index in [-0.39, 0.29) is 11.9 Å². The zero-order valence-electron chi connectivity index (χ0n) is 9.89. The second-order valence-corrected chi connectivity index (χ2v) is 4.95. The summed E-state index contributed by atoms with van der Waals surface area (Å²) in [5, 5.41) is 12.2. The molecule has 18 heavy (non-hydrogen) atoms. The lowest BCUT2D eigenvalue weighted by molar-refractivity contribution is -0.140. The van der Waals surface area contributed by atoms with Crippen LogP contribution in [0.4, 0.5) is 0 Å². The third kappa shape index (κ3) is 2.64. The molecular weight excluding hydrogens is 254 g/mol. The van der Waals surface area contributed by atoms with Crippen LogP contribution in [0, 0.1) is 11.8 Å². The van der Waals surface area contributed by atoms with Crippen LogP contribution in [0.5, 0.6) is 0 Å². The van der Waals surface area contributed by atoms with Gasteiger partial charge in [-0.05, 0) is 25.0 Å². The molecule has 1 saturated carbocycles. The molecule has 96 valence electrons. The number of hydrogen-bond donors (Lipinski definition) is 2. The molecule has 1 aliphatic carbocycles. The highest BCUT2D eigenvalue weighted by molar-refractivity contribution is 6.31. The van der Waals surface area contributed by atoms with Crippen LogP contribution in [0.15, 0.2) is 24.3 Å². The average molecular weight is 268 g/mol. The van der Waals surface area contributed by atoms with E-state index in [1.807, 2.05) is 25.1 Å². The van der Waals surface area contributed by atoms with Crippen molar-refractivity contribution in [2.45, 2.75) is 19.4 Å². The van der Waals surface area contributed by atoms with Gasteiger partial charge in [0.15, 0.2) is 0 Å². The van der Waals surface area contributed by atoms with Crippen molar-refractivity contribution in [3.05, 3.63) is 34.9 Å². The van der Waals surface area contributed by atoms with E-state index < -0.39 is 17.8 Å². The smallest absolute Gasteiger partial charge is 0.307 e. The highest BCUT2D eigenvalue weighted by Crippen LogP contribution is 2.39. The van der Waals surface area contributed by atoms with Gasteiger partial charge in [0.1, 0.15) is 0 Å². The third-order valence-electron chi connectivity index (χ3n) is 3.17. The molecule has 1 aliphatic rings. The summed E-state index contributed by atoms with van der Waals surface area (Å²) >= 11 is 6.03. The van der Waals surface area contributed by atoms with Crippen molar-refractivity contribution >= 4 is 23.5 Å². The molecule has 1 amide bonds. The summed E-state index contributed by atoms with van der Waals surface area (Å²) in [5.41, 5.74) is 0.833. The first-order valence-electron chi connectivity index (χ1n) is 5.78. The minimum Gasteiger partial charge on any atom is -0.481 e. The van der Waals surface area contributed by atoms with E-state index in [9.17, 15) is 9.59 Å². The Hall–Kier alpha value is -1.55. The van der Waals surface area contributed by atoms with Gasteiger partial charge in [0.25, 0.3) is 0 Å². The standard InChI is InChI=1S/C13H14ClNO3/c1-7(8-4-2-3-5-11(8)14)15-12(16)9-6-10(9)13(17)18/h2-5,7,9-10H,6H2,1H3,(H,15,16)(H,17,18)/t7-,9-,10+/m1/s1. The SMILES string of the molecule is C[C@@H](NC(=O)[C@@H]1C[C@@H]1C(=O)O)c1ccccc1Cl. The molecule has 0 bridgehead atoms. The Morgan fingerprint density at radius 1 is 1.39 bits per heavy atom. The minimum absolute atomic E-state index is 0.213. The molecule has 1 aromatic carbocycles. The first-order valence-corrected chi connectivity index (χ1v) is 6.16. The fourth-order valence-electron chi connectivity index (χ4n) is 1.98. The summed E-state index contributed by atoms with van der Waals surface area (Å²) in [5.74, 6) is -2.04. The fraction of sp³-hybridized carbons (Fsp3) is 0.385. The van der Waals surface area contributed by atoms with Crippen LogP contribution in [0.3, 0.4) is 0 Å². The Morgan fingerprint density at radius 3 is 2.61 bits per heavy atom. The predicted octanol–water partition coefficient (Wildman–Crippen LogP) is 2.24. The summed E-state index contributed by atoms with van der Waals surface area (Å²) in [6.07, 6.45) is 0.427. The number of amides is 1. The number of rotatable bonds is 4. The van der Waals surface area contributed by atoms with Crippen molar-refractivity contribution in [1.29, 1.82) is 0 Å². The second-order valence-electron chi connectivity index (χ2n) is 4.54. The van der Waals surface area contributed by atoms with Crippen molar-refractivity contribution in [2.75, 3.05) is 0 Å². The Balaban J connectivity index is 1.97. The molecule has 0 aromatic heterocycles. The van der Waals surface area contributed by atoms with E-state index in [0.29, 0.717) is 11.4 Å². The quantitative estimate of drug-likeness (QED) is 0.879. The van der Waals surface area contributed by atoms with E-state index in [1.165, 1.54) is 0 Å². The van der Waals surface area contributed by atoms with Gasteiger partial charge in [-0.2, -0.15) is 0 Å². The van der Waals surface area contributed by atoms with E-state index in [2.05, 4.69) is 5.32 Å². The molecule has 0 spiro atoms. The highest BCUT2D eigenvalue weighted by atomic mass is 35.5. The molecule has 0 aliphatic heterocycles. The highest BCUT2D eigenvalue weighted by Gasteiger charge is 2.48.